The van der Waals surface area contributed by atoms with E-state index in [-0.39, 0.29) is 22.2 Å². The highest BCUT2D eigenvalue weighted by Gasteiger charge is 2.11. The van der Waals surface area contributed by atoms with E-state index in [4.69, 9.17) is 16.7 Å². The number of hydrazone groups is 1. The largest absolute Gasteiger partial charge is 0.478 e. The molecule has 0 unspecified atom stereocenters. The Morgan fingerprint density at radius 2 is 2.00 bits per heavy atom. The van der Waals surface area contributed by atoms with Gasteiger partial charge < -0.3 is 5.11 Å². The van der Waals surface area contributed by atoms with E-state index in [0.29, 0.717) is 5.56 Å². The minimum Gasteiger partial charge on any atom is -0.478 e. The van der Waals surface area contributed by atoms with Crippen LogP contribution < -0.4 is 5.43 Å². The van der Waals surface area contributed by atoms with Gasteiger partial charge in [-0.3, -0.25) is 15.5 Å². The summed E-state index contributed by atoms with van der Waals surface area (Å²) in [6.45, 7) is 0. The second-order valence-corrected chi connectivity index (χ2v) is 4.44. The van der Waals surface area contributed by atoms with Crippen LogP contribution in [-0.4, -0.2) is 27.2 Å². The van der Waals surface area contributed by atoms with Crippen molar-refractivity contribution in [3.63, 3.8) is 0 Å². The summed E-state index contributed by atoms with van der Waals surface area (Å²) in [6.07, 6.45) is 1.37. The molecule has 0 radical (unpaired) electrons. The van der Waals surface area contributed by atoms with E-state index < -0.39 is 10.9 Å². The lowest BCUT2D eigenvalue weighted by molar-refractivity contribution is -0.384. The summed E-state index contributed by atoms with van der Waals surface area (Å²) in [6, 6.07) is 8.35. The van der Waals surface area contributed by atoms with E-state index >= 15 is 0 Å². The van der Waals surface area contributed by atoms with Gasteiger partial charge in [-0.1, -0.05) is 11.6 Å². The highest BCUT2D eigenvalue weighted by Crippen LogP contribution is 2.16. The van der Waals surface area contributed by atoms with Gasteiger partial charge in [0.05, 0.1) is 11.1 Å². The summed E-state index contributed by atoms with van der Waals surface area (Å²) < 4.78 is 0. The zero-order valence-electron chi connectivity index (χ0n) is 10.9. The minimum absolute atomic E-state index is 0.00170. The lowest BCUT2D eigenvalue weighted by Gasteiger charge is -2.04. The number of hydrogen-bond donors (Lipinski definition) is 2. The molecule has 0 atom stereocenters. The van der Waals surface area contributed by atoms with E-state index in [1.165, 1.54) is 42.6 Å². The summed E-state index contributed by atoms with van der Waals surface area (Å²) in [5.74, 6) is -1.17. The van der Waals surface area contributed by atoms with Crippen molar-refractivity contribution in [2.24, 2.45) is 5.10 Å². The minimum atomic E-state index is -1.17. The number of pyridine rings is 1. The average Bonchev–Trinajstić information content (AvgIpc) is 2.47. The first kappa shape index (κ1) is 15.4. The summed E-state index contributed by atoms with van der Waals surface area (Å²) in [7, 11) is 0. The molecule has 8 nitrogen and oxygen atoms in total. The van der Waals surface area contributed by atoms with Crippen LogP contribution in [0.5, 0.6) is 0 Å². The monoisotopic (exact) mass is 320 g/mol. The maximum absolute atomic E-state index is 11.0. The van der Waals surface area contributed by atoms with Crippen molar-refractivity contribution in [3.8, 4) is 0 Å². The van der Waals surface area contributed by atoms with E-state index in [1.54, 1.807) is 0 Å². The molecule has 0 spiro atoms. The fourth-order valence-corrected chi connectivity index (χ4v) is 1.69. The van der Waals surface area contributed by atoms with Crippen LogP contribution in [0.25, 0.3) is 0 Å². The van der Waals surface area contributed by atoms with Crippen LogP contribution in [0.3, 0.4) is 0 Å². The molecule has 0 amide bonds. The number of nitro groups is 1. The van der Waals surface area contributed by atoms with Gasteiger partial charge in [-0.15, -0.1) is 0 Å². The van der Waals surface area contributed by atoms with E-state index in [2.05, 4.69) is 15.5 Å². The van der Waals surface area contributed by atoms with Crippen molar-refractivity contribution in [1.82, 2.24) is 4.98 Å². The number of hydrogen-bond acceptors (Lipinski definition) is 6. The normalized spacial score (nSPS) is 10.6. The number of nitrogens with zero attached hydrogens (tertiary/aromatic N) is 3. The van der Waals surface area contributed by atoms with Crippen molar-refractivity contribution in [2.75, 3.05) is 5.43 Å². The Balaban J connectivity index is 2.14. The molecule has 0 fully saturated rings. The van der Waals surface area contributed by atoms with Gasteiger partial charge in [-0.25, -0.2) is 9.78 Å². The zero-order valence-corrected chi connectivity index (χ0v) is 11.7. The molecule has 1 aromatic heterocycles. The van der Waals surface area contributed by atoms with Crippen LogP contribution >= 0.6 is 11.6 Å². The molecule has 0 saturated carbocycles. The van der Waals surface area contributed by atoms with Crippen molar-refractivity contribution in [3.05, 3.63) is 62.8 Å². The first-order valence-corrected chi connectivity index (χ1v) is 6.28. The van der Waals surface area contributed by atoms with Crippen LogP contribution in [0, 0.1) is 10.1 Å². The molecule has 0 aliphatic rings. The standard InChI is InChI=1S/C13H9ClN4O4/c14-11-6-5-10(13(19)20)12(16-11)17-15-7-8-1-3-9(4-2-8)18(21)22/h1-7H,(H,16,17)(H,19,20). The summed E-state index contributed by atoms with van der Waals surface area (Å²) in [5.41, 5.74) is 2.96. The Morgan fingerprint density at radius 3 is 2.59 bits per heavy atom. The highest BCUT2D eigenvalue weighted by atomic mass is 35.5. The molecule has 2 aromatic rings. The Labute approximate surface area is 129 Å². The Hall–Kier alpha value is -3.00. The van der Waals surface area contributed by atoms with Gasteiger partial charge in [0.2, 0.25) is 0 Å². The quantitative estimate of drug-likeness (QED) is 0.378. The topological polar surface area (TPSA) is 118 Å². The van der Waals surface area contributed by atoms with E-state index in [0.717, 1.165) is 0 Å². The molecule has 0 aliphatic heterocycles. The van der Waals surface area contributed by atoms with Gasteiger partial charge >= 0.3 is 5.97 Å². The fraction of sp³-hybridized carbons (Fsp3) is 0. The Morgan fingerprint density at radius 1 is 1.32 bits per heavy atom. The number of aromatic nitrogens is 1. The molecule has 1 aromatic carbocycles. The predicted octanol–water partition coefficient (Wildman–Crippen LogP) is 2.79. The van der Waals surface area contributed by atoms with Gasteiger partial charge in [0.15, 0.2) is 5.82 Å². The Kier molecular flexibility index (Phi) is 4.64. The molecule has 22 heavy (non-hydrogen) atoms. The highest BCUT2D eigenvalue weighted by molar-refractivity contribution is 6.29. The van der Waals surface area contributed by atoms with Crippen LogP contribution in [0.4, 0.5) is 11.5 Å². The lowest BCUT2D eigenvalue weighted by atomic mass is 10.2. The van der Waals surface area contributed by atoms with Crippen molar-refractivity contribution in [1.29, 1.82) is 0 Å². The molecular weight excluding hydrogens is 312 g/mol. The van der Waals surface area contributed by atoms with Gasteiger partial charge in [-0.05, 0) is 29.8 Å². The zero-order chi connectivity index (χ0) is 16.1. The molecule has 2 N–H and O–H groups in total. The number of non-ortho nitro benzene ring substituents is 1. The van der Waals surface area contributed by atoms with E-state index in [9.17, 15) is 14.9 Å². The number of carboxylic acid groups (broad SMARTS) is 1. The van der Waals surface area contributed by atoms with Gasteiger partial charge in [-0.2, -0.15) is 5.10 Å². The van der Waals surface area contributed by atoms with Crippen LogP contribution in [0.2, 0.25) is 5.15 Å². The number of anilines is 1. The van der Waals surface area contributed by atoms with Crippen molar-refractivity contribution < 1.29 is 14.8 Å². The number of carbonyl (C=O) groups is 1. The molecule has 1 heterocycles. The maximum Gasteiger partial charge on any atom is 0.339 e. The molecule has 0 saturated heterocycles. The van der Waals surface area contributed by atoms with E-state index in [1.807, 2.05) is 0 Å². The Bertz CT molecular complexity index is 746. The van der Waals surface area contributed by atoms with Crippen LogP contribution in [0.15, 0.2) is 41.5 Å². The smallest absolute Gasteiger partial charge is 0.339 e. The second-order valence-electron chi connectivity index (χ2n) is 4.05. The van der Waals surface area contributed by atoms with Gasteiger partial charge in [0.25, 0.3) is 5.69 Å². The number of carboxylic acids is 1. The summed E-state index contributed by atoms with van der Waals surface area (Å²) >= 11 is 5.70. The van der Waals surface area contributed by atoms with Crippen LogP contribution in [-0.2, 0) is 0 Å². The van der Waals surface area contributed by atoms with Crippen LogP contribution in [0.1, 0.15) is 15.9 Å². The summed E-state index contributed by atoms with van der Waals surface area (Å²) in [4.78, 5) is 24.9. The number of nitrogens with one attached hydrogen (secondary N) is 1. The third-order valence-electron chi connectivity index (χ3n) is 2.58. The van der Waals surface area contributed by atoms with Crippen molar-refractivity contribution in [2.45, 2.75) is 0 Å². The second kappa shape index (κ2) is 6.64. The molecule has 9 heteroatoms. The van der Waals surface area contributed by atoms with Crippen molar-refractivity contribution >= 4 is 35.3 Å². The molecule has 0 aliphatic carbocycles. The number of aromatic carboxylic acids is 1. The molecule has 2 rings (SSSR count). The number of rotatable bonds is 5. The first-order valence-electron chi connectivity index (χ1n) is 5.91. The predicted molar refractivity (Wildman–Crippen MR) is 80.5 cm³/mol. The average molecular weight is 321 g/mol. The first-order chi connectivity index (χ1) is 10.5. The fourth-order valence-electron chi connectivity index (χ4n) is 1.54. The summed E-state index contributed by atoms with van der Waals surface area (Å²) in [5, 5.41) is 23.5. The molecule has 0 bridgehead atoms. The number of halogens is 1. The molecular formula is C13H9ClN4O4. The lowest BCUT2D eigenvalue weighted by Crippen LogP contribution is -2.04. The third-order valence-corrected chi connectivity index (χ3v) is 2.79. The van der Waals surface area contributed by atoms with Gasteiger partial charge in [0, 0.05) is 12.1 Å². The maximum atomic E-state index is 11.0. The number of benzene rings is 1. The third kappa shape index (κ3) is 3.76. The number of nitro benzene ring substituents is 1. The van der Waals surface area contributed by atoms with Gasteiger partial charge in [0.1, 0.15) is 10.7 Å². The SMILES string of the molecule is O=C(O)c1ccc(Cl)nc1NN=Cc1ccc([N+](=O)[O-])cc1. The molecule has 112 valence electrons.